The number of aliphatic hydroxyl groups is 1. The third-order valence-electron chi connectivity index (χ3n) is 7.37. The maximum Gasteiger partial charge on any atom is 0.191 e. The van der Waals surface area contributed by atoms with Gasteiger partial charge in [-0.25, -0.2) is 4.98 Å². The summed E-state index contributed by atoms with van der Waals surface area (Å²) in [5.41, 5.74) is 0.184. The summed E-state index contributed by atoms with van der Waals surface area (Å²) in [6.45, 7) is 8.35. The summed E-state index contributed by atoms with van der Waals surface area (Å²) >= 11 is 0. The zero-order valence-corrected chi connectivity index (χ0v) is 21.1. The van der Waals surface area contributed by atoms with E-state index in [9.17, 15) is 5.11 Å². The van der Waals surface area contributed by atoms with Crippen LogP contribution >= 0.6 is 0 Å². The number of aromatic nitrogens is 3. The van der Waals surface area contributed by atoms with Gasteiger partial charge in [0.15, 0.2) is 11.4 Å². The normalized spacial score (nSPS) is 15.5. The van der Waals surface area contributed by atoms with Gasteiger partial charge in [0.25, 0.3) is 0 Å². The first-order valence-corrected chi connectivity index (χ1v) is 13.4. The molecule has 5 heteroatoms. The van der Waals surface area contributed by atoms with Gasteiger partial charge in [-0.3, -0.25) is 4.68 Å². The van der Waals surface area contributed by atoms with Gasteiger partial charge in [-0.05, 0) is 55.9 Å². The minimum absolute atomic E-state index is 0.433. The highest BCUT2D eigenvalue weighted by molar-refractivity contribution is 5.41. The van der Waals surface area contributed by atoms with Crippen LogP contribution in [0.1, 0.15) is 74.7 Å². The number of benzene rings is 2. The molecule has 1 saturated heterocycles. The van der Waals surface area contributed by atoms with Crippen LogP contribution in [0.15, 0.2) is 67.0 Å². The number of likely N-dealkylation sites (tertiary alicyclic amines) is 1. The van der Waals surface area contributed by atoms with E-state index in [4.69, 9.17) is 5.10 Å². The van der Waals surface area contributed by atoms with Gasteiger partial charge in [-0.1, -0.05) is 106 Å². The number of nitrogens with zero attached hydrogens (tertiary/aromatic N) is 4. The van der Waals surface area contributed by atoms with Crippen molar-refractivity contribution in [3.05, 3.63) is 90.9 Å². The molecule has 1 aliphatic rings. The largest absolute Gasteiger partial charge is 0.373 e. The molecule has 0 spiro atoms. The zero-order valence-electron chi connectivity index (χ0n) is 21.1. The van der Waals surface area contributed by atoms with E-state index in [0.29, 0.717) is 11.7 Å². The fraction of sp³-hybridized carbons (Fsp3) is 0.500. The summed E-state index contributed by atoms with van der Waals surface area (Å²) < 4.78 is 1.93. The van der Waals surface area contributed by atoms with Crippen LogP contribution in [0, 0.1) is 12.8 Å². The molecule has 4 rings (SSSR count). The number of piperidine rings is 1. The van der Waals surface area contributed by atoms with E-state index in [1.54, 1.807) is 6.33 Å². The number of rotatable bonds is 13. The highest BCUT2D eigenvalue weighted by Crippen LogP contribution is 2.34. The van der Waals surface area contributed by atoms with Crippen LogP contribution in [0.4, 0.5) is 0 Å². The molecule has 3 aromatic rings. The molecule has 0 unspecified atom stereocenters. The Kier molecular flexibility index (Phi) is 9.50. The van der Waals surface area contributed by atoms with Gasteiger partial charge in [0.1, 0.15) is 6.33 Å². The van der Waals surface area contributed by atoms with Crippen molar-refractivity contribution in [3.63, 3.8) is 0 Å². The lowest BCUT2D eigenvalue weighted by Crippen LogP contribution is -2.35. The third-order valence-corrected chi connectivity index (χ3v) is 7.37. The summed E-state index contributed by atoms with van der Waals surface area (Å²) in [7, 11) is 0. The van der Waals surface area contributed by atoms with Crippen molar-refractivity contribution >= 4 is 0 Å². The highest BCUT2D eigenvalue weighted by Gasteiger charge is 2.37. The van der Waals surface area contributed by atoms with Crippen molar-refractivity contribution in [2.75, 3.05) is 19.6 Å². The molecule has 2 aromatic carbocycles. The van der Waals surface area contributed by atoms with Gasteiger partial charge in [0, 0.05) is 6.54 Å². The van der Waals surface area contributed by atoms with Gasteiger partial charge >= 0.3 is 0 Å². The van der Waals surface area contributed by atoms with Gasteiger partial charge in [0.2, 0.25) is 0 Å². The standard InChI is InChI=1S/C30H41N4O/c1-2-3-4-5-6-7-14-21-33-22-19-26(20-23-33)24-34-25-31-29(32-34)30(35,27-15-10-8-11-16-27)28-17-12-9-13-18-28/h8-13,15-18,25-26,35H,1-7,14,19-24H2. The molecule has 187 valence electrons. The lowest BCUT2D eigenvalue weighted by molar-refractivity contribution is 0.114. The van der Waals surface area contributed by atoms with Gasteiger partial charge in [-0.2, -0.15) is 5.10 Å². The minimum Gasteiger partial charge on any atom is -0.373 e. The minimum atomic E-state index is -1.37. The topological polar surface area (TPSA) is 54.2 Å². The molecule has 0 atom stereocenters. The van der Waals surface area contributed by atoms with Gasteiger partial charge in [-0.15, -0.1) is 0 Å². The predicted octanol–water partition coefficient (Wildman–Crippen LogP) is 5.84. The number of unbranched alkanes of at least 4 members (excludes halogenated alkanes) is 6. The van der Waals surface area contributed by atoms with Crippen molar-refractivity contribution in [1.29, 1.82) is 0 Å². The van der Waals surface area contributed by atoms with E-state index >= 15 is 0 Å². The van der Waals surface area contributed by atoms with E-state index in [1.807, 2.05) is 65.3 Å². The van der Waals surface area contributed by atoms with Crippen molar-refractivity contribution in [3.8, 4) is 0 Å². The van der Waals surface area contributed by atoms with E-state index in [-0.39, 0.29) is 0 Å². The molecule has 0 bridgehead atoms. The molecule has 0 aliphatic carbocycles. The molecule has 1 aromatic heterocycles. The van der Waals surface area contributed by atoms with Crippen molar-refractivity contribution < 1.29 is 5.11 Å². The molecular formula is C30H41N4O. The van der Waals surface area contributed by atoms with Crippen LogP contribution in [0.2, 0.25) is 0 Å². The molecule has 1 fully saturated rings. The summed E-state index contributed by atoms with van der Waals surface area (Å²) in [5.74, 6) is 1.03. The second kappa shape index (κ2) is 13.0. The van der Waals surface area contributed by atoms with Crippen molar-refractivity contribution in [2.45, 2.75) is 69.9 Å². The Morgan fingerprint density at radius 3 is 2.00 bits per heavy atom. The van der Waals surface area contributed by atoms with Gasteiger partial charge < -0.3 is 10.0 Å². The zero-order chi connectivity index (χ0) is 24.3. The van der Waals surface area contributed by atoms with Crippen molar-refractivity contribution in [2.24, 2.45) is 5.92 Å². The number of hydrogen-bond donors (Lipinski definition) is 1. The van der Waals surface area contributed by atoms with Crippen LogP contribution in [0.3, 0.4) is 0 Å². The second-order valence-corrected chi connectivity index (χ2v) is 9.99. The van der Waals surface area contributed by atoms with Gasteiger partial charge in [0.05, 0.1) is 0 Å². The fourth-order valence-electron chi connectivity index (χ4n) is 5.21. The van der Waals surface area contributed by atoms with E-state index < -0.39 is 5.60 Å². The maximum absolute atomic E-state index is 11.9. The molecule has 1 aliphatic heterocycles. The fourth-order valence-corrected chi connectivity index (χ4v) is 5.21. The van der Waals surface area contributed by atoms with E-state index in [2.05, 4.69) is 16.8 Å². The Labute approximate surface area is 211 Å². The monoisotopic (exact) mass is 473 g/mol. The average Bonchev–Trinajstić information content (AvgIpc) is 3.38. The molecule has 2 heterocycles. The molecule has 35 heavy (non-hydrogen) atoms. The average molecular weight is 474 g/mol. The first kappa shape index (κ1) is 25.6. The lowest BCUT2D eigenvalue weighted by atomic mass is 9.86. The Morgan fingerprint density at radius 2 is 1.40 bits per heavy atom. The van der Waals surface area contributed by atoms with E-state index in [1.165, 1.54) is 71.0 Å². The number of hydrogen-bond acceptors (Lipinski definition) is 4. The SMILES string of the molecule is [CH2]CCCCCCCCN1CCC(Cn2cnc(C(O)(c3ccccc3)c3ccccc3)n2)CC1. The molecular weight excluding hydrogens is 432 g/mol. The molecule has 5 nitrogen and oxygen atoms in total. The van der Waals surface area contributed by atoms with Crippen LogP contribution in [0.25, 0.3) is 0 Å². The Hall–Kier alpha value is -2.50. The Bertz CT molecular complexity index is 940. The quantitative estimate of drug-likeness (QED) is 0.317. The van der Waals surface area contributed by atoms with Crippen LogP contribution in [-0.4, -0.2) is 44.4 Å². The summed E-state index contributed by atoms with van der Waals surface area (Å²) in [6.07, 6.45) is 13.3. The predicted molar refractivity (Wildman–Crippen MR) is 142 cm³/mol. The van der Waals surface area contributed by atoms with Crippen LogP contribution in [0.5, 0.6) is 0 Å². The Balaban J connectivity index is 1.30. The first-order valence-electron chi connectivity index (χ1n) is 13.4. The Morgan fingerprint density at radius 1 is 0.829 bits per heavy atom. The first-order chi connectivity index (χ1) is 17.2. The summed E-state index contributed by atoms with van der Waals surface area (Å²) in [5, 5.41) is 16.7. The lowest BCUT2D eigenvalue weighted by Gasteiger charge is -2.31. The highest BCUT2D eigenvalue weighted by atomic mass is 16.3. The molecule has 1 radical (unpaired) electrons. The van der Waals surface area contributed by atoms with E-state index in [0.717, 1.165) is 24.1 Å². The van der Waals surface area contributed by atoms with Crippen LogP contribution < -0.4 is 0 Å². The molecule has 0 amide bonds. The summed E-state index contributed by atoms with van der Waals surface area (Å²) in [6, 6.07) is 19.4. The maximum atomic E-state index is 11.9. The van der Waals surface area contributed by atoms with Crippen molar-refractivity contribution in [1.82, 2.24) is 19.7 Å². The second-order valence-electron chi connectivity index (χ2n) is 9.99. The van der Waals surface area contributed by atoms with Crippen LogP contribution in [-0.2, 0) is 12.1 Å². The smallest absolute Gasteiger partial charge is 0.191 e. The summed E-state index contributed by atoms with van der Waals surface area (Å²) in [4.78, 5) is 7.21. The molecule has 0 saturated carbocycles. The molecule has 1 N–H and O–H groups in total. The third kappa shape index (κ3) is 6.80.